The highest BCUT2D eigenvalue weighted by Crippen LogP contribution is 2.69. The molecule has 4 aliphatic rings. The van der Waals surface area contributed by atoms with Crippen LogP contribution in [0.15, 0.2) is 0 Å². The molecule has 0 amide bonds. The Balaban J connectivity index is 1.75. The van der Waals surface area contributed by atoms with E-state index in [2.05, 4.69) is 13.8 Å². The summed E-state index contributed by atoms with van der Waals surface area (Å²) in [5.41, 5.74) is -0.158. The fourth-order valence-electron chi connectivity index (χ4n) is 8.23. The van der Waals surface area contributed by atoms with Crippen molar-refractivity contribution in [3.63, 3.8) is 0 Å². The molecule has 0 heterocycles. The lowest BCUT2D eigenvalue weighted by Crippen LogP contribution is -2.64. The van der Waals surface area contributed by atoms with Gasteiger partial charge in [-0.05, 0) is 74.0 Å². The molecule has 0 radical (unpaired) electrons. The van der Waals surface area contributed by atoms with Gasteiger partial charge in [0.05, 0.1) is 0 Å². The first-order valence-electron chi connectivity index (χ1n) is 10.2. The van der Waals surface area contributed by atoms with E-state index in [1.807, 2.05) is 0 Å². The first kappa shape index (κ1) is 17.0. The van der Waals surface area contributed by atoms with Crippen molar-refractivity contribution in [2.45, 2.75) is 84.3 Å². The van der Waals surface area contributed by atoms with E-state index in [0.717, 1.165) is 25.7 Å². The second kappa shape index (κ2) is 5.30. The molecular weight excluding hydrogens is 300 g/mol. The molecule has 3 nitrogen and oxygen atoms in total. The number of ketones is 1. The molecule has 24 heavy (non-hydrogen) atoms. The third-order valence-electron chi connectivity index (χ3n) is 8.99. The minimum Gasteiger partial charge on any atom is -0.365 e. The minimum atomic E-state index is -1.61. The van der Waals surface area contributed by atoms with Crippen LogP contribution in [0.3, 0.4) is 0 Å². The van der Waals surface area contributed by atoms with Gasteiger partial charge in [-0.1, -0.05) is 26.7 Å². The van der Waals surface area contributed by atoms with Gasteiger partial charge in [0, 0.05) is 18.3 Å². The molecule has 2 N–H and O–H groups in total. The van der Waals surface area contributed by atoms with E-state index in [1.54, 1.807) is 6.92 Å². The largest absolute Gasteiger partial charge is 0.365 e. The summed E-state index contributed by atoms with van der Waals surface area (Å²) in [6.07, 6.45) is 9.71. The number of hydrogen-bond donors (Lipinski definition) is 2. The Hall–Kier alpha value is -0.410. The SMILES string of the molecule is CC(=O)[C@H]1CC[C@H]2[C@@H]3CCC4CCCC[C@]4(C)[C@H]3C(O)(O)C[C@]12C. The molecular formula is C21H34O3. The van der Waals surface area contributed by atoms with Gasteiger partial charge in [0.15, 0.2) is 5.79 Å². The van der Waals surface area contributed by atoms with Crippen LogP contribution in [0.25, 0.3) is 0 Å². The molecule has 3 heteroatoms. The van der Waals surface area contributed by atoms with Gasteiger partial charge in [0.2, 0.25) is 0 Å². The Labute approximate surface area is 146 Å². The summed E-state index contributed by atoms with van der Waals surface area (Å²) in [5, 5.41) is 22.5. The van der Waals surface area contributed by atoms with Crippen molar-refractivity contribution in [2.75, 3.05) is 0 Å². The van der Waals surface area contributed by atoms with Gasteiger partial charge >= 0.3 is 0 Å². The predicted molar refractivity (Wildman–Crippen MR) is 93.1 cm³/mol. The molecule has 0 aromatic carbocycles. The molecule has 4 fully saturated rings. The van der Waals surface area contributed by atoms with Crippen LogP contribution in [0, 0.1) is 40.4 Å². The maximum atomic E-state index is 12.2. The second-order valence-corrected chi connectivity index (χ2v) is 10.1. The van der Waals surface area contributed by atoms with Crippen LogP contribution in [0.2, 0.25) is 0 Å². The third kappa shape index (κ3) is 2.13. The Morgan fingerprint density at radius 2 is 1.71 bits per heavy atom. The van der Waals surface area contributed by atoms with Crippen LogP contribution in [0.5, 0.6) is 0 Å². The van der Waals surface area contributed by atoms with Crippen LogP contribution in [0.4, 0.5) is 0 Å². The van der Waals surface area contributed by atoms with Crippen molar-refractivity contribution in [2.24, 2.45) is 40.4 Å². The number of hydrogen-bond acceptors (Lipinski definition) is 3. The van der Waals surface area contributed by atoms with Gasteiger partial charge in [-0.25, -0.2) is 0 Å². The zero-order valence-electron chi connectivity index (χ0n) is 15.6. The quantitative estimate of drug-likeness (QED) is 0.715. The van der Waals surface area contributed by atoms with Crippen LogP contribution in [-0.4, -0.2) is 21.8 Å². The van der Waals surface area contributed by atoms with Gasteiger partial charge in [-0.3, -0.25) is 4.79 Å². The van der Waals surface area contributed by atoms with Crippen molar-refractivity contribution in [1.82, 2.24) is 0 Å². The van der Waals surface area contributed by atoms with E-state index >= 15 is 0 Å². The molecule has 0 aromatic heterocycles. The fourth-order valence-corrected chi connectivity index (χ4v) is 8.23. The summed E-state index contributed by atoms with van der Waals surface area (Å²) < 4.78 is 0. The van der Waals surface area contributed by atoms with Crippen molar-refractivity contribution in [1.29, 1.82) is 0 Å². The van der Waals surface area contributed by atoms with Crippen molar-refractivity contribution in [3.8, 4) is 0 Å². The molecule has 1 unspecified atom stereocenters. The number of Topliss-reactive ketones (excluding diaryl/α,β-unsaturated/α-hetero) is 1. The maximum Gasteiger partial charge on any atom is 0.166 e. The van der Waals surface area contributed by atoms with E-state index in [-0.39, 0.29) is 28.4 Å². The summed E-state index contributed by atoms with van der Waals surface area (Å²) in [7, 11) is 0. The zero-order chi connectivity index (χ0) is 17.3. The van der Waals surface area contributed by atoms with Gasteiger partial charge < -0.3 is 10.2 Å². The van der Waals surface area contributed by atoms with Gasteiger partial charge in [-0.15, -0.1) is 0 Å². The number of aliphatic hydroxyl groups is 2. The maximum absolute atomic E-state index is 12.2. The summed E-state index contributed by atoms with van der Waals surface area (Å²) >= 11 is 0. The summed E-state index contributed by atoms with van der Waals surface area (Å²) in [4.78, 5) is 12.2. The Kier molecular flexibility index (Phi) is 3.76. The molecule has 0 aromatic rings. The van der Waals surface area contributed by atoms with Crippen LogP contribution < -0.4 is 0 Å². The molecule has 4 saturated carbocycles. The first-order valence-corrected chi connectivity index (χ1v) is 10.2. The Morgan fingerprint density at radius 1 is 0.958 bits per heavy atom. The van der Waals surface area contributed by atoms with Crippen molar-refractivity contribution < 1.29 is 15.0 Å². The molecule has 0 bridgehead atoms. The van der Waals surface area contributed by atoms with Crippen LogP contribution in [0.1, 0.15) is 78.6 Å². The minimum absolute atomic E-state index is 0.00664. The van der Waals surface area contributed by atoms with Gasteiger partial charge in [0.25, 0.3) is 0 Å². The molecule has 0 spiro atoms. The normalized spacial score (nSPS) is 53.0. The number of carbonyl (C=O) groups is 1. The fraction of sp³-hybridized carbons (Fsp3) is 0.952. The Bertz CT molecular complexity index is 541. The molecule has 7 atom stereocenters. The van der Waals surface area contributed by atoms with E-state index in [1.165, 1.54) is 25.7 Å². The predicted octanol–water partition coefficient (Wildman–Crippen LogP) is 3.92. The summed E-state index contributed by atoms with van der Waals surface area (Å²) in [6, 6.07) is 0. The molecule has 0 aliphatic heterocycles. The van der Waals surface area contributed by atoms with E-state index < -0.39 is 5.79 Å². The first-order chi connectivity index (χ1) is 11.2. The zero-order valence-corrected chi connectivity index (χ0v) is 15.6. The highest BCUT2D eigenvalue weighted by molar-refractivity contribution is 5.79. The second-order valence-electron chi connectivity index (χ2n) is 10.1. The average molecular weight is 335 g/mol. The number of rotatable bonds is 1. The lowest BCUT2D eigenvalue weighted by atomic mass is 9.43. The van der Waals surface area contributed by atoms with E-state index in [0.29, 0.717) is 24.2 Å². The van der Waals surface area contributed by atoms with E-state index in [9.17, 15) is 15.0 Å². The molecule has 4 rings (SSSR count). The standard InChI is InChI=1S/C21H34O3/c1-13(22)16-9-10-17-15-8-7-14-6-4-5-11-19(14,2)18(15)21(23,24)12-20(16,17)3/h14-18,23-24H,4-12H2,1-3H3/t14?,15-,16+,17-,18-,19-,20+/m0/s1. The van der Waals surface area contributed by atoms with Gasteiger partial charge in [-0.2, -0.15) is 0 Å². The number of carbonyl (C=O) groups excluding carboxylic acids is 1. The smallest absolute Gasteiger partial charge is 0.166 e. The average Bonchev–Trinajstić information content (AvgIpc) is 2.81. The lowest BCUT2D eigenvalue weighted by Gasteiger charge is -2.64. The third-order valence-corrected chi connectivity index (χ3v) is 8.99. The van der Waals surface area contributed by atoms with Crippen LogP contribution >= 0.6 is 0 Å². The van der Waals surface area contributed by atoms with E-state index in [4.69, 9.17) is 0 Å². The van der Waals surface area contributed by atoms with Crippen molar-refractivity contribution >= 4 is 5.78 Å². The molecule has 136 valence electrons. The summed E-state index contributed by atoms with van der Waals surface area (Å²) in [6.45, 7) is 6.21. The lowest BCUT2D eigenvalue weighted by molar-refractivity contribution is -0.311. The molecule has 0 saturated heterocycles. The topological polar surface area (TPSA) is 57.5 Å². The van der Waals surface area contributed by atoms with Crippen LogP contribution in [-0.2, 0) is 4.79 Å². The monoisotopic (exact) mass is 334 g/mol. The Morgan fingerprint density at radius 3 is 2.42 bits per heavy atom. The highest BCUT2D eigenvalue weighted by Gasteiger charge is 2.67. The number of fused-ring (bicyclic) bond motifs is 5. The summed E-state index contributed by atoms with van der Waals surface area (Å²) in [5.74, 6) is 0.156. The van der Waals surface area contributed by atoms with Gasteiger partial charge in [0.1, 0.15) is 5.78 Å². The molecule has 4 aliphatic carbocycles. The highest BCUT2D eigenvalue weighted by atomic mass is 16.5. The van der Waals surface area contributed by atoms with Crippen molar-refractivity contribution in [3.05, 3.63) is 0 Å².